The lowest BCUT2D eigenvalue weighted by atomic mass is 9.75. The van der Waals surface area contributed by atoms with E-state index in [9.17, 15) is 24.3 Å². The number of ether oxygens (including phenoxy) is 1. The summed E-state index contributed by atoms with van der Waals surface area (Å²) in [5, 5.41) is 10.9. The minimum absolute atomic E-state index is 0.0168. The minimum atomic E-state index is -1.21. The number of hydrogen-bond acceptors (Lipinski definition) is 7. The van der Waals surface area contributed by atoms with Gasteiger partial charge in [-0.15, -0.1) is 6.42 Å². The molecule has 10 nitrogen and oxygen atoms in total. The van der Waals surface area contributed by atoms with E-state index >= 15 is 0 Å². The molecule has 1 aromatic rings. The number of carbonyl (C=O) groups excluding carboxylic acids is 3. The third-order valence-corrected chi connectivity index (χ3v) is 9.81. The smallest absolute Gasteiger partial charge is 0.349 e. The van der Waals surface area contributed by atoms with E-state index in [2.05, 4.69) is 36.7 Å². The lowest BCUT2D eigenvalue weighted by molar-refractivity contribution is -0.139. The number of H-pyrrole nitrogens is 2. The zero-order valence-electron chi connectivity index (χ0n) is 29.3. The predicted molar refractivity (Wildman–Crippen MR) is 183 cm³/mol. The summed E-state index contributed by atoms with van der Waals surface area (Å²) >= 11 is 0. The summed E-state index contributed by atoms with van der Waals surface area (Å²) < 4.78 is 5.18. The Balaban J connectivity index is 2.38. The van der Waals surface area contributed by atoms with Gasteiger partial charge in [0.1, 0.15) is 5.56 Å². The third-order valence-electron chi connectivity index (χ3n) is 9.81. The number of terminal acetylenes is 1. The van der Waals surface area contributed by atoms with E-state index in [1.807, 2.05) is 45.9 Å². The average molecular weight is 655 g/mol. The fourth-order valence-corrected chi connectivity index (χ4v) is 6.66. The molecule has 4 bridgehead atoms. The SMILES string of the molecule is C#CC1C(=O)OC(=O)c2c3nc(cc(=C(C)C)[nH]/c(=C(\C)C(C)=O)cc4nc(cc(CC)[nH]c21)[C@H](CC)C4(C)C)[C@@H](C)[C@@H]3CCC(=O)O. The number of carboxylic acid groups (broad SMARTS) is 1. The van der Waals surface area contributed by atoms with Gasteiger partial charge in [0.05, 0.1) is 11.4 Å². The Morgan fingerprint density at radius 3 is 2.27 bits per heavy atom. The van der Waals surface area contributed by atoms with Gasteiger partial charge in [0, 0.05) is 68.6 Å². The Kier molecular flexibility index (Phi) is 10.6. The van der Waals surface area contributed by atoms with Crippen LogP contribution in [0.5, 0.6) is 0 Å². The molecule has 0 fully saturated rings. The van der Waals surface area contributed by atoms with Gasteiger partial charge in [-0.3, -0.25) is 19.6 Å². The monoisotopic (exact) mass is 654 g/mol. The maximum atomic E-state index is 13.6. The largest absolute Gasteiger partial charge is 0.481 e. The van der Waals surface area contributed by atoms with E-state index < -0.39 is 35.2 Å². The van der Waals surface area contributed by atoms with Crippen LogP contribution in [-0.4, -0.2) is 48.7 Å². The number of ketones is 1. The van der Waals surface area contributed by atoms with E-state index in [4.69, 9.17) is 21.1 Å². The molecule has 254 valence electrons. The fourth-order valence-electron chi connectivity index (χ4n) is 6.66. The number of carbonyl (C=O) groups is 4. The molecular weight excluding hydrogens is 608 g/mol. The highest BCUT2D eigenvalue weighted by Crippen LogP contribution is 2.44. The number of carboxylic acids is 1. The first-order chi connectivity index (χ1) is 22.5. The lowest BCUT2D eigenvalue weighted by Crippen LogP contribution is -2.29. The van der Waals surface area contributed by atoms with E-state index in [0.29, 0.717) is 39.8 Å². The van der Waals surface area contributed by atoms with Crippen molar-refractivity contribution in [2.75, 3.05) is 0 Å². The molecule has 48 heavy (non-hydrogen) atoms. The van der Waals surface area contributed by atoms with Crippen LogP contribution < -0.4 is 10.7 Å². The number of aryl methyl sites for hydroxylation is 1. The molecule has 4 atom stereocenters. The molecule has 0 aromatic carbocycles. The zero-order valence-corrected chi connectivity index (χ0v) is 29.3. The number of aliphatic carboxylic acids is 1. The molecule has 1 aromatic heterocycles. The number of nitrogens with zero attached hydrogens (tertiary/aromatic N) is 2. The van der Waals surface area contributed by atoms with Crippen molar-refractivity contribution in [3.05, 3.63) is 68.6 Å². The van der Waals surface area contributed by atoms with Crippen LogP contribution in [0.1, 0.15) is 150 Å². The molecule has 0 saturated carbocycles. The number of hydrogen-bond donors (Lipinski definition) is 3. The highest BCUT2D eigenvalue weighted by Gasteiger charge is 2.41. The van der Waals surface area contributed by atoms with Crippen molar-refractivity contribution < 1.29 is 29.0 Å². The quantitative estimate of drug-likeness (QED) is 0.213. The fraction of sp³-hybridized carbons (Fsp3) is 0.474. The van der Waals surface area contributed by atoms with Crippen LogP contribution in [0.2, 0.25) is 0 Å². The summed E-state index contributed by atoms with van der Waals surface area (Å²) in [6.45, 7) is 17.4. The van der Waals surface area contributed by atoms with Crippen LogP contribution in [0.4, 0.5) is 0 Å². The second-order valence-electron chi connectivity index (χ2n) is 13.5. The predicted octanol–water partition coefficient (Wildman–Crippen LogP) is 5.28. The van der Waals surface area contributed by atoms with Crippen molar-refractivity contribution in [1.82, 2.24) is 19.9 Å². The molecule has 1 unspecified atom stereocenters. The van der Waals surface area contributed by atoms with E-state index in [0.717, 1.165) is 23.4 Å². The highest BCUT2D eigenvalue weighted by molar-refractivity contribution is 6.12. The second kappa shape index (κ2) is 14.1. The van der Waals surface area contributed by atoms with Crippen molar-refractivity contribution in [2.24, 2.45) is 0 Å². The molecule has 0 radical (unpaired) electrons. The van der Waals surface area contributed by atoms with Gasteiger partial charge in [-0.05, 0) is 65.2 Å². The summed E-state index contributed by atoms with van der Waals surface area (Å²) in [7, 11) is 0. The Labute approximate surface area is 281 Å². The number of aromatic amines is 2. The average Bonchev–Trinajstić information content (AvgIpc) is 3.43. The summed E-state index contributed by atoms with van der Waals surface area (Å²) in [5.41, 5.74) is 4.47. The van der Waals surface area contributed by atoms with Gasteiger partial charge in [-0.1, -0.05) is 46.1 Å². The first kappa shape index (κ1) is 36.1. The first-order valence-electron chi connectivity index (χ1n) is 16.5. The van der Waals surface area contributed by atoms with E-state index in [1.165, 1.54) is 6.92 Å². The number of rotatable bonds is 6. The maximum absolute atomic E-state index is 13.6. The highest BCUT2D eigenvalue weighted by atomic mass is 16.6. The lowest BCUT2D eigenvalue weighted by Gasteiger charge is -2.26. The molecule has 10 heteroatoms. The Morgan fingerprint density at radius 1 is 1.02 bits per heavy atom. The molecule has 0 amide bonds. The minimum Gasteiger partial charge on any atom is -0.481 e. The number of Topliss-reactive ketones (excluding diaryl/α,β-unsaturated/α-hetero) is 1. The molecule has 0 spiro atoms. The van der Waals surface area contributed by atoms with Gasteiger partial charge < -0.3 is 19.8 Å². The van der Waals surface area contributed by atoms with Crippen LogP contribution in [0, 0.1) is 12.3 Å². The molecule has 0 aliphatic carbocycles. The van der Waals surface area contributed by atoms with Gasteiger partial charge in [0.2, 0.25) is 0 Å². The number of cyclic esters (lactones) is 2. The number of fused-ring (bicyclic) bond motifs is 6. The van der Waals surface area contributed by atoms with Crippen molar-refractivity contribution in [3.8, 4) is 12.3 Å². The van der Waals surface area contributed by atoms with Gasteiger partial charge in [0.15, 0.2) is 11.7 Å². The van der Waals surface area contributed by atoms with E-state index in [-0.39, 0.29) is 41.7 Å². The Bertz CT molecular complexity index is 1930. The summed E-state index contributed by atoms with van der Waals surface area (Å²) in [6.07, 6.45) is 7.18. The van der Waals surface area contributed by atoms with Crippen molar-refractivity contribution >= 4 is 34.8 Å². The van der Waals surface area contributed by atoms with Gasteiger partial charge in [0.25, 0.3) is 0 Å². The number of esters is 2. The molecular formula is C38H46N4O6. The molecule has 0 saturated heterocycles. The van der Waals surface area contributed by atoms with Crippen molar-refractivity contribution in [3.63, 3.8) is 0 Å². The number of nitrogens with one attached hydrogen (secondary N) is 2. The molecule has 3 N–H and O–H groups in total. The van der Waals surface area contributed by atoms with Crippen LogP contribution in [0.25, 0.3) is 11.1 Å². The van der Waals surface area contributed by atoms with Crippen molar-refractivity contribution in [1.29, 1.82) is 0 Å². The molecule has 4 rings (SSSR count). The molecule has 4 heterocycles. The van der Waals surface area contributed by atoms with Gasteiger partial charge >= 0.3 is 17.9 Å². The summed E-state index contributed by atoms with van der Waals surface area (Å²) in [5.74, 6) is -2.35. The summed E-state index contributed by atoms with van der Waals surface area (Å²) in [6, 6.07) is 5.75. The van der Waals surface area contributed by atoms with Crippen molar-refractivity contribution in [2.45, 2.75) is 117 Å². The van der Waals surface area contributed by atoms with Crippen LogP contribution in [0.3, 0.4) is 0 Å². The first-order valence-corrected chi connectivity index (χ1v) is 16.5. The molecule has 3 aliphatic heterocycles. The van der Waals surface area contributed by atoms with Crippen LogP contribution in [0.15, 0.2) is 18.2 Å². The third kappa shape index (κ3) is 6.91. The van der Waals surface area contributed by atoms with E-state index in [1.54, 1.807) is 6.92 Å². The van der Waals surface area contributed by atoms with Gasteiger partial charge in [-0.2, -0.15) is 0 Å². The van der Waals surface area contributed by atoms with Crippen LogP contribution in [-0.2, 0) is 31.0 Å². The standard InChI is InChI=1S/C38H46N4O6/c1-11-23-16-30-26(13-3)38(9,10)31(41-30)18-29(20(6)22(8)43)40-27(19(4)5)17-28-21(7)25(14-15-32(44)45)35(42-28)33-34(39-23)24(12-2)36(46)48-37(33)47/h2,16-18,21,24-26,39-40H,11,13-15H2,1,3-10H3,(H,44,45)/b23-16?,28-17?,29-20+,31-18?/t21-,24?,25-,26-/m0/s1. The summed E-state index contributed by atoms with van der Waals surface area (Å²) in [4.78, 5) is 68.0. The number of aromatic nitrogens is 4. The van der Waals surface area contributed by atoms with Gasteiger partial charge in [-0.25, -0.2) is 9.59 Å². The zero-order chi connectivity index (χ0) is 35.7. The topological polar surface area (TPSA) is 155 Å². The Morgan fingerprint density at radius 2 is 1.71 bits per heavy atom. The Hall–Kier alpha value is -4.78. The normalized spacial score (nSPS) is 21.5. The molecule has 3 aliphatic rings. The second-order valence-corrected chi connectivity index (χ2v) is 13.5. The van der Waals surface area contributed by atoms with Crippen LogP contribution >= 0.6 is 0 Å². The maximum Gasteiger partial charge on any atom is 0.349 e.